The van der Waals surface area contributed by atoms with Crippen LogP contribution in [-0.4, -0.2) is 60.7 Å². The maximum absolute atomic E-state index is 14.0. The second-order valence-electron chi connectivity index (χ2n) is 9.70. The molecule has 0 bridgehead atoms. The Morgan fingerprint density at radius 3 is 2.53 bits per heavy atom. The zero-order valence-corrected chi connectivity index (χ0v) is 24.7. The molecule has 0 atom stereocenters. The van der Waals surface area contributed by atoms with Gasteiger partial charge in [-0.2, -0.15) is 13.2 Å². The van der Waals surface area contributed by atoms with E-state index in [2.05, 4.69) is 15.3 Å². The molecule has 0 aliphatic carbocycles. The molecule has 2 aromatic carbocycles. The number of hydrogen-bond donors (Lipinski definition) is 2. The van der Waals surface area contributed by atoms with Crippen LogP contribution in [0.25, 0.3) is 22.0 Å². The Bertz CT molecular complexity index is 1650. The number of halogens is 6. The van der Waals surface area contributed by atoms with Gasteiger partial charge in [0.15, 0.2) is 0 Å². The van der Waals surface area contributed by atoms with Crippen molar-refractivity contribution in [2.75, 3.05) is 33.8 Å². The van der Waals surface area contributed by atoms with Crippen molar-refractivity contribution in [3.8, 4) is 5.88 Å². The van der Waals surface area contributed by atoms with Crippen LogP contribution in [0.2, 0.25) is 10.0 Å². The van der Waals surface area contributed by atoms with Crippen molar-refractivity contribution < 1.29 is 27.1 Å². The highest BCUT2D eigenvalue weighted by Crippen LogP contribution is 2.44. The second-order valence-corrected chi connectivity index (χ2v) is 10.5. The first kappa shape index (κ1) is 32.1. The number of rotatable bonds is 11. The van der Waals surface area contributed by atoms with Gasteiger partial charge in [0.05, 0.1) is 22.2 Å². The predicted octanol–water partition coefficient (Wildman–Crippen LogP) is 7.53. The van der Waals surface area contributed by atoms with Gasteiger partial charge in [0.25, 0.3) is 0 Å². The third-order valence-corrected chi connectivity index (χ3v) is 7.05. The summed E-state index contributed by atoms with van der Waals surface area (Å²) in [5.41, 5.74) is 1.10. The highest BCUT2D eigenvalue weighted by molar-refractivity contribution is 6.38. The van der Waals surface area contributed by atoms with Gasteiger partial charge >= 0.3 is 6.18 Å². The standard InChI is InChI=1S/C31H28Cl2F4N4O2/c1-41(2)27(42)8-5-13-38-14-15-43-26-12-9-19(18-39-26)28(30-29(33)22-6-3-4-7-25(22)40-30)23(17-31(35,36)37)21-11-10-20(34)16-24(21)32/h3-12,16,18,38,40H,13-15,17H2,1-2H3/b8-5+,28-23+. The maximum atomic E-state index is 14.0. The average Bonchev–Trinajstić information content (AvgIpc) is 3.28. The van der Waals surface area contributed by atoms with E-state index in [0.717, 1.165) is 12.1 Å². The minimum absolute atomic E-state index is 0.0119. The lowest BCUT2D eigenvalue weighted by atomic mass is 9.90. The molecular formula is C31H28Cl2F4N4O2. The molecule has 4 aromatic rings. The molecule has 0 unspecified atom stereocenters. The molecule has 0 fully saturated rings. The van der Waals surface area contributed by atoms with Crippen molar-refractivity contribution in [1.29, 1.82) is 0 Å². The van der Waals surface area contributed by atoms with E-state index < -0.39 is 18.4 Å². The number of para-hydroxylation sites is 1. The Morgan fingerprint density at radius 2 is 1.88 bits per heavy atom. The monoisotopic (exact) mass is 634 g/mol. The summed E-state index contributed by atoms with van der Waals surface area (Å²) in [4.78, 5) is 20.5. The number of likely N-dealkylation sites (N-methyl/N-ethyl adjacent to an activating group) is 1. The molecular weight excluding hydrogens is 607 g/mol. The third-order valence-electron chi connectivity index (χ3n) is 6.35. The van der Waals surface area contributed by atoms with Crippen LogP contribution in [0.15, 0.2) is 72.9 Å². The van der Waals surface area contributed by atoms with E-state index in [1.165, 1.54) is 23.2 Å². The highest BCUT2D eigenvalue weighted by atomic mass is 35.5. The molecule has 12 heteroatoms. The summed E-state index contributed by atoms with van der Waals surface area (Å²) in [6.07, 6.45) is -1.44. The molecule has 0 saturated heterocycles. The van der Waals surface area contributed by atoms with E-state index in [9.17, 15) is 22.4 Å². The van der Waals surface area contributed by atoms with Gasteiger partial charge in [-0.05, 0) is 35.4 Å². The van der Waals surface area contributed by atoms with E-state index in [0.29, 0.717) is 29.6 Å². The lowest BCUT2D eigenvalue weighted by Gasteiger charge is -2.19. The van der Waals surface area contributed by atoms with Crippen LogP contribution in [0.3, 0.4) is 0 Å². The number of H-pyrrole nitrogens is 1. The molecule has 2 aromatic heterocycles. The van der Waals surface area contributed by atoms with Gasteiger partial charge in [-0.25, -0.2) is 9.37 Å². The number of ether oxygens (including phenoxy) is 1. The number of fused-ring (bicyclic) bond motifs is 1. The molecule has 1 amide bonds. The molecule has 4 rings (SSSR count). The van der Waals surface area contributed by atoms with Gasteiger partial charge < -0.3 is 19.9 Å². The van der Waals surface area contributed by atoms with E-state index >= 15 is 0 Å². The Hall–Kier alpha value is -3.86. The van der Waals surface area contributed by atoms with Crippen molar-refractivity contribution in [2.45, 2.75) is 12.6 Å². The van der Waals surface area contributed by atoms with E-state index in [1.54, 1.807) is 56.6 Å². The lowest BCUT2D eigenvalue weighted by Crippen LogP contribution is -2.22. The van der Waals surface area contributed by atoms with Crippen LogP contribution in [0.1, 0.15) is 23.2 Å². The zero-order valence-electron chi connectivity index (χ0n) is 23.2. The van der Waals surface area contributed by atoms with Crippen LogP contribution in [-0.2, 0) is 4.79 Å². The first-order valence-corrected chi connectivity index (χ1v) is 13.9. The molecule has 2 N–H and O–H groups in total. The number of allylic oxidation sites excluding steroid dienone is 1. The molecule has 0 aliphatic rings. The third kappa shape index (κ3) is 8.37. The van der Waals surface area contributed by atoms with Crippen LogP contribution in [0.4, 0.5) is 17.6 Å². The van der Waals surface area contributed by atoms with Crippen molar-refractivity contribution in [1.82, 2.24) is 20.2 Å². The first-order chi connectivity index (χ1) is 20.4. The summed E-state index contributed by atoms with van der Waals surface area (Å²) >= 11 is 13.0. The number of pyridine rings is 1. The van der Waals surface area contributed by atoms with E-state index in [-0.39, 0.29) is 50.8 Å². The first-order valence-electron chi connectivity index (χ1n) is 13.1. The number of nitrogens with zero attached hydrogens (tertiary/aromatic N) is 2. The summed E-state index contributed by atoms with van der Waals surface area (Å²) in [7, 11) is 3.32. The van der Waals surface area contributed by atoms with Gasteiger partial charge in [0.1, 0.15) is 12.4 Å². The van der Waals surface area contributed by atoms with Crippen molar-refractivity contribution >= 4 is 51.2 Å². The molecule has 0 aliphatic heterocycles. The van der Waals surface area contributed by atoms with Crippen molar-refractivity contribution in [2.24, 2.45) is 0 Å². The quantitative estimate of drug-likeness (QED) is 0.102. The predicted molar refractivity (Wildman–Crippen MR) is 162 cm³/mol. The SMILES string of the molecule is CN(C)C(=O)/C=C/CNCCOc1ccc(/C(=C(/CC(F)(F)F)c2ccc(F)cc2Cl)c2[nH]c3ccccc3c2Cl)cn1. The minimum Gasteiger partial charge on any atom is -0.476 e. The Labute approximate surface area is 256 Å². The average molecular weight is 635 g/mol. The van der Waals surface area contributed by atoms with Crippen LogP contribution in [0, 0.1) is 5.82 Å². The molecule has 2 heterocycles. The number of aromatic nitrogens is 2. The number of nitrogens with one attached hydrogen (secondary N) is 2. The molecule has 0 radical (unpaired) electrons. The highest BCUT2D eigenvalue weighted by Gasteiger charge is 2.33. The number of hydrogen-bond acceptors (Lipinski definition) is 4. The van der Waals surface area contributed by atoms with Crippen molar-refractivity contribution in [3.63, 3.8) is 0 Å². The van der Waals surface area contributed by atoms with Crippen LogP contribution < -0.4 is 10.1 Å². The van der Waals surface area contributed by atoms with Gasteiger partial charge in [0, 0.05) is 67.6 Å². The van der Waals surface area contributed by atoms with Crippen LogP contribution in [0.5, 0.6) is 5.88 Å². The number of aromatic amines is 1. The Morgan fingerprint density at radius 1 is 1.12 bits per heavy atom. The topological polar surface area (TPSA) is 70.2 Å². The number of alkyl halides is 3. The second kappa shape index (κ2) is 14.1. The minimum atomic E-state index is -4.63. The van der Waals surface area contributed by atoms with Gasteiger partial charge in [-0.15, -0.1) is 0 Å². The van der Waals surface area contributed by atoms with E-state index in [1.807, 2.05) is 0 Å². The zero-order chi connectivity index (χ0) is 31.1. The smallest absolute Gasteiger partial charge is 0.393 e. The van der Waals surface area contributed by atoms with E-state index in [4.69, 9.17) is 27.9 Å². The normalized spacial score (nSPS) is 12.6. The fourth-order valence-electron chi connectivity index (χ4n) is 4.34. The number of benzene rings is 2. The van der Waals surface area contributed by atoms with Crippen LogP contribution >= 0.6 is 23.2 Å². The summed E-state index contributed by atoms with van der Waals surface area (Å²) < 4.78 is 61.7. The van der Waals surface area contributed by atoms with Gasteiger partial charge in [0.2, 0.25) is 11.8 Å². The number of amides is 1. The summed E-state index contributed by atoms with van der Waals surface area (Å²) in [6.45, 7) is 1.17. The molecule has 226 valence electrons. The fourth-order valence-corrected chi connectivity index (χ4v) is 4.93. The molecule has 0 saturated carbocycles. The summed E-state index contributed by atoms with van der Waals surface area (Å²) in [5, 5.41) is 3.76. The largest absolute Gasteiger partial charge is 0.476 e. The number of carbonyl (C=O) groups excluding carboxylic acids is 1. The Balaban J connectivity index is 1.68. The fraction of sp³-hybridized carbons (Fsp3) is 0.226. The Kier molecular flexibility index (Phi) is 10.5. The molecule has 6 nitrogen and oxygen atoms in total. The van der Waals surface area contributed by atoms with Gasteiger partial charge in [-0.1, -0.05) is 53.5 Å². The maximum Gasteiger partial charge on any atom is 0.393 e. The van der Waals surface area contributed by atoms with Crippen molar-refractivity contribution in [3.05, 3.63) is 106 Å². The lowest BCUT2D eigenvalue weighted by molar-refractivity contribution is -0.124. The molecule has 43 heavy (non-hydrogen) atoms. The summed E-state index contributed by atoms with van der Waals surface area (Å²) in [6, 6.07) is 13.4. The van der Waals surface area contributed by atoms with Gasteiger partial charge in [-0.3, -0.25) is 4.79 Å². The summed E-state index contributed by atoms with van der Waals surface area (Å²) in [5.74, 6) is -0.547. The molecule has 0 spiro atoms. The number of carbonyl (C=O) groups is 1.